The summed E-state index contributed by atoms with van der Waals surface area (Å²) in [6.07, 6.45) is 1.86. The first-order valence-electron chi connectivity index (χ1n) is 16.0. The zero-order chi connectivity index (χ0) is 34.2. The van der Waals surface area contributed by atoms with Crippen molar-refractivity contribution in [1.82, 2.24) is 4.98 Å². The fourth-order valence-electron chi connectivity index (χ4n) is 6.21. The molecule has 264 valence electrons. The molecule has 0 saturated heterocycles. The minimum atomic E-state index is -3.97. The van der Waals surface area contributed by atoms with Crippen molar-refractivity contribution >= 4 is 78.1 Å². The maximum Gasteiger partial charge on any atom is 0.161 e. The number of halogens is 2. The van der Waals surface area contributed by atoms with Crippen LogP contribution in [-0.4, -0.2) is 10.1 Å². The molecule has 0 bridgehead atoms. The van der Waals surface area contributed by atoms with Gasteiger partial charge in [0.05, 0.1) is 0 Å². The molecule has 0 aliphatic heterocycles. The van der Waals surface area contributed by atoms with Crippen LogP contribution in [0.1, 0.15) is 5.69 Å². The van der Waals surface area contributed by atoms with E-state index in [2.05, 4.69) is 11.1 Å². The molecule has 0 saturated carbocycles. The molecule has 0 amide bonds. The normalized spacial score (nSPS) is 11.1. The summed E-state index contributed by atoms with van der Waals surface area (Å²) in [6, 6.07) is 60.0. The van der Waals surface area contributed by atoms with Crippen LogP contribution in [0.15, 0.2) is 194 Å². The number of hydrogen-bond donors (Lipinski definition) is 1. The second kappa shape index (κ2) is 19.7. The summed E-state index contributed by atoms with van der Waals surface area (Å²) in [5, 5.41) is 1.80. The predicted octanol–water partition coefficient (Wildman–Crippen LogP) is 9.28. The third-order valence-corrected chi connectivity index (χ3v) is 22.7. The quantitative estimate of drug-likeness (QED) is 0.116. The minimum Gasteiger partial charge on any atom is -0.459 e. The average molecular weight is 861 g/mol. The van der Waals surface area contributed by atoms with Gasteiger partial charge < -0.3 is 18.7 Å². The van der Waals surface area contributed by atoms with Gasteiger partial charge in [-0.15, -0.1) is 31.0 Å². The van der Waals surface area contributed by atoms with Crippen LogP contribution in [0.25, 0.3) is 0 Å². The second-order valence-electron chi connectivity index (χ2n) is 11.6. The molecule has 52 heavy (non-hydrogen) atoms. The maximum absolute atomic E-state index is 16.6. The van der Waals surface area contributed by atoms with Gasteiger partial charge in [-0.05, 0) is 6.92 Å². The zero-order valence-electron chi connectivity index (χ0n) is 28.4. The van der Waals surface area contributed by atoms with E-state index in [0.717, 1.165) is 5.69 Å². The summed E-state index contributed by atoms with van der Waals surface area (Å²) in [6.45, 7) is 1.97. The summed E-state index contributed by atoms with van der Waals surface area (Å²) in [7, 11) is -11.9. The SMILES string of the molecule is Cc1[c-]cc[nH]1.Cl.Cl.O=P(c1ccccc1)(c1ccccc1)C(P(=O)(c1ccccc1)c1ccccc1)P(=O)(c1ccccc1)c1ccccc1.[Zr]. The Labute approximate surface area is 338 Å². The molecule has 0 aliphatic carbocycles. The van der Waals surface area contributed by atoms with Gasteiger partial charge in [-0.1, -0.05) is 188 Å². The van der Waals surface area contributed by atoms with Gasteiger partial charge >= 0.3 is 0 Å². The van der Waals surface area contributed by atoms with Crippen LogP contribution in [0, 0.1) is 13.0 Å². The predicted molar refractivity (Wildman–Crippen MR) is 222 cm³/mol. The smallest absolute Gasteiger partial charge is 0.161 e. The molecule has 0 aliphatic rings. The van der Waals surface area contributed by atoms with Crippen LogP contribution in [0.3, 0.4) is 0 Å². The molecule has 7 aromatic rings. The summed E-state index contributed by atoms with van der Waals surface area (Å²) in [4.78, 5) is 2.94. The molecule has 1 aromatic heterocycles. The van der Waals surface area contributed by atoms with Gasteiger partial charge in [-0.3, -0.25) is 0 Å². The van der Waals surface area contributed by atoms with E-state index in [1.807, 2.05) is 201 Å². The summed E-state index contributed by atoms with van der Waals surface area (Å²) < 4.78 is 49.7. The van der Waals surface area contributed by atoms with Crippen LogP contribution in [0.2, 0.25) is 0 Å². The van der Waals surface area contributed by atoms with E-state index in [-0.39, 0.29) is 51.0 Å². The van der Waals surface area contributed by atoms with Crippen molar-refractivity contribution in [3.8, 4) is 0 Å². The van der Waals surface area contributed by atoms with Crippen LogP contribution >= 0.6 is 46.2 Å². The van der Waals surface area contributed by atoms with Crippen molar-refractivity contribution < 1.29 is 39.9 Å². The van der Waals surface area contributed by atoms with Gasteiger partial charge in [0, 0.05) is 58.0 Å². The first-order chi connectivity index (χ1) is 23.9. The first kappa shape index (κ1) is 43.2. The topological polar surface area (TPSA) is 67.0 Å². The number of rotatable bonds is 9. The van der Waals surface area contributed by atoms with E-state index < -0.39 is 26.6 Å². The third-order valence-electron chi connectivity index (χ3n) is 8.50. The van der Waals surface area contributed by atoms with E-state index in [4.69, 9.17) is 0 Å². The molecule has 0 fully saturated rings. The average Bonchev–Trinajstić information content (AvgIpc) is 3.67. The molecule has 6 aromatic carbocycles. The number of benzene rings is 6. The molecular weight excluding hydrogens is 822 g/mol. The summed E-state index contributed by atoms with van der Waals surface area (Å²) in [5.74, 6) is 0. The second-order valence-corrected chi connectivity index (χ2v) is 21.4. The Morgan fingerprint density at radius 2 is 0.635 bits per heavy atom. The van der Waals surface area contributed by atoms with Crippen LogP contribution in [0.4, 0.5) is 0 Å². The molecule has 0 unspecified atom stereocenters. The van der Waals surface area contributed by atoms with Gasteiger partial charge in [-0.2, -0.15) is 0 Å². The van der Waals surface area contributed by atoms with Crippen molar-refractivity contribution in [1.29, 1.82) is 0 Å². The largest absolute Gasteiger partial charge is 0.459 e. The van der Waals surface area contributed by atoms with Crippen molar-refractivity contribution in [3.63, 3.8) is 0 Å². The van der Waals surface area contributed by atoms with E-state index >= 15 is 13.7 Å². The minimum absolute atomic E-state index is 0. The van der Waals surface area contributed by atoms with Gasteiger partial charge in [0.25, 0.3) is 0 Å². The van der Waals surface area contributed by atoms with Crippen LogP contribution in [0.5, 0.6) is 0 Å². The van der Waals surface area contributed by atoms with E-state index in [1.54, 1.807) is 0 Å². The fraction of sp³-hybridized carbons (Fsp3) is 0.0476. The van der Waals surface area contributed by atoms with Crippen molar-refractivity contribution in [3.05, 3.63) is 206 Å². The summed E-state index contributed by atoms with van der Waals surface area (Å²) in [5.41, 5.74) is 1.09. The van der Waals surface area contributed by atoms with Crippen molar-refractivity contribution in [2.75, 3.05) is 0 Å². The van der Waals surface area contributed by atoms with Gasteiger partial charge in [0.15, 0.2) is 21.4 Å². The fourth-order valence-corrected chi connectivity index (χ4v) is 22.7. The van der Waals surface area contributed by atoms with Gasteiger partial charge in [-0.25, -0.2) is 12.1 Å². The molecule has 1 N–H and O–H groups in total. The maximum atomic E-state index is 16.6. The van der Waals surface area contributed by atoms with E-state index in [1.165, 1.54) is 0 Å². The third kappa shape index (κ3) is 8.75. The van der Waals surface area contributed by atoms with Crippen molar-refractivity contribution in [2.24, 2.45) is 0 Å². The Morgan fingerprint density at radius 3 is 0.769 bits per heavy atom. The number of nitrogens with one attached hydrogen (secondary N) is 1. The first-order valence-corrected chi connectivity index (χ1v) is 21.4. The number of hydrogen-bond acceptors (Lipinski definition) is 3. The monoisotopic (exact) mass is 858 g/mol. The molecule has 1 heterocycles. The van der Waals surface area contributed by atoms with E-state index in [9.17, 15) is 0 Å². The molecule has 0 spiro atoms. The van der Waals surface area contributed by atoms with Crippen molar-refractivity contribution in [2.45, 2.75) is 12.1 Å². The molecule has 10 heteroatoms. The van der Waals surface area contributed by atoms with Crippen LogP contribution in [-0.2, 0) is 39.9 Å². The standard InChI is InChI=1S/C37H31O3P3.C5H6N.2ClH.Zr/c38-41(31-19-7-1-8-20-31,32-21-9-2-10-22-32)37(42(39,33-23-11-3-12-24-33)34-25-13-4-14-26-34)43(40,35-27-15-5-16-28-35)36-29-17-6-18-30-36;1-5-3-2-4-6-5;;;/h1-30,37H;2,4,6H,1H3;2*1H;/q;-1;;;. The number of aromatic nitrogens is 1. The number of aryl methyl sites for hydroxylation is 1. The Bertz CT molecular complexity index is 1850. The molecule has 0 radical (unpaired) electrons. The van der Waals surface area contributed by atoms with Gasteiger partial charge in [0.2, 0.25) is 0 Å². The number of aromatic amines is 1. The van der Waals surface area contributed by atoms with Gasteiger partial charge in [0.1, 0.15) is 5.14 Å². The van der Waals surface area contributed by atoms with E-state index in [0.29, 0.717) is 31.8 Å². The summed E-state index contributed by atoms with van der Waals surface area (Å²) >= 11 is 0. The number of H-pyrrole nitrogens is 1. The molecule has 7 rings (SSSR count). The zero-order valence-corrected chi connectivity index (χ0v) is 35.2. The molecule has 4 nitrogen and oxygen atoms in total. The Morgan fingerprint density at radius 1 is 0.423 bits per heavy atom. The molecular formula is C42H39Cl2NO3P3Zr-. The Hall–Kier alpha value is -3.25. The molecule has 0 atom stereocenters. The van der Waals surface area contributed by atoms with Crippen LogP contribution < -0.4 is 31.8 Å². The Balaban J connectivity index is 0.000000738. The Kier molecular flexibility index (Phi) is 16.4.